The number of hydrogen-bond donors (Lipinski definition) is 3. The van der Waals surface area contributed by atoms with Gasteiger partial charge in [0.2, 0.25) is 0 Å². The number of esters is 2. The first-order valence-corrected chi connectivity index (χ1v) is 24.9. The number of carbonyl (C=O) groups is 3. The lowest BCUT2D eigenvalue weighted by Crippen LogP contribution is -2.37. The smallest absolute Gasteiger partial charge is 0.462 e. The Morgan fingerprint density at radius 3 is 1.94 bits per heavy atom. The van der Waals surface area contributed by atoms with Crippen molar-refractivity contribution in [3.63, 3.8) is 0 Å². The number of carbonyl (C=O) groups excluding carboxylic acids is 3. The van der Waals surface area contributed by atoms with E-state index < -0.39 is 50.6 Å². The highest BCUT2D eigenvalue weighted by Crippen LogP contribution is 2.43. The first-order valence-electron chi connectivity index (χ1n) is 23.4. The van der Waals surface area contributed by atoms with Crippen molar-refractivity contribution in [1.29, 1.82) is 0 Å². The zero-order valence-electron chi connectivity index (χ0n) is 39.2. The number of aliphatic hydroxyl groups is 2. The van der Waals surface area contributed by atoms with Gasteiger partial charge in [-0.15, -0.1) is 0 Å². The number of ketones is 1. The van der Waals surface area contributed by atoms with Crippen molar-refractivity contribution in [3.8, 4) is 0 Å². The Hall–Kier alpha value is -3.22. The summed E-state index contributed by atoms with van der Waals surface area (Å²) in [5.41, 5.74) is 0. The summed E-state index contributed by atoms with van der Waals surface area (Å²) < 4.78 is 34.2. The topological polar surface area (TPSA) is 166 Å². The molecule has 0 amide bonds. The summed E-state index contributed by atoms with van der Waals surface area (Å²) in [5.74, 6) is -1.67. The van der Waals surface area contributed by atoms with Crippen LogP contribution in [0, 0.1) is 11.8 Å². The summed E-state index contributed by atoms with van der Waals surface area (Å²) >= 11 is 0. The first-order chi connectivity index (χ1) is 30.2. The van der Waals surface area contributed by atoms with Gasteiger partial charge in [-0.3, -0.25) is 23.4 Å². The minimum atomic E-state index is -4.47. The molecule has 1 fully saturated rings. The molecule has 1 aliphatic carbocycles. The number of rotatable bonds is 37. The molecule has 1 rings (SSSR count). The summed E-state index contributed by atoms with van der Waals surface area (Å²) in [6.07, 6.45) is 39.8. The fourth-order valence-electron chi connectivity index (χ4n) is 6.65. The van der Waals surface area contributed by atoms with Crippen molar-refractivity contribution in [1.82, 2.24) is 0 Å². The lowest BCUT2D eigenvalue weighted by molar-refractivity contribution is -0.870. The molecule has 1 saturated carbocycles. The van der Waals surface area contributed by atoms with Gasteiger partial charge in [-0.05, 0) is 70.1 Å². The molecule has 13 heteroatoms. The molecule has 0 saturated heterocycles. The van der Waals surface area contributed by atoms with Gasteiger partial charge < -0.3 is 29.1 Å². The quantitative estimate of drug-likeness (QED) is 0.0179. The standard InChI is InChI=1S/C50H82NO11P/c1-6-8-10-11-12-13-14-15-16-17-18-19-20-21-22-23-24-25-30-34-49(55)59-41-44(42-61-63(57,58)60-39-38-51(3,4)5)62-50(56)35-31-27-26-29-33-45-46(48(54)40-47(45)53)37-36-43(52)32-28-9-7-2/h8,10,12-13,15-16,18-19,21-22,24-25,36-37,43-47,52-53H,6-7,9,11,14,17,20,23,26-35,38-42H2,1-5H3/p+1/b10-8-,13-12-,16-15-,19-18-,22-21-,25-24-,37-36+/t43-,44+,45+,46+,47-/m0/s1. The first kappa shape index (κ1) is 57.8. The van der Waals surface area contributed by atoms with Crippen LogP contribution in [0.25, 0.3) is 0 Å². The number of quaternary nitrogens is 1. The van der Waals surface area contributed by atoms with Crippen molar-refractivity contribution in [2.24, 2.45) is 11.8 Å². The van der Waals surface area contributed by atoms with E-state index in [1.54, 1.807) is 12.2 Å². The van der Waals surface area contributed by atoms with Crippen LogP contribution >= 0.6 is 7.82 Å². The van der Waals surface area contributed by atoms with Crippen LogP contribution < -0.4 is 0 Å². The number of hydrogen-bond acceptors (Lipinski definition) is 10. The number of nitrogens with zero attached hydrogens (tertiary/aromatic N) is 1. The van der Waals surface area contributed by atoms with Crippen LogP contribution in [0.1, 0.15) is 136 Å². The number of phosphoric acid groups is 1. The largest absolute Gasteiger partial charge is 0.472 e. The van der Waals surface area contributed by atoms with E-state index in [1.807, 2.05) is 33.3 Å². The second-order valence-corrected chi connectivity index (χ2v) is 18.6. The fraction of sp³-hybridized carbons (Fsp3) is 0.660. The van der Waals surface area contributed by atoms with E-state index in [0.29, 0.717) is 43.1 Å². The van der Waals surface area contributed by atoms with Gasteiger partial charge in [-0.1, -0.05) is 137 Å². The number of aliphatic hydroxyl groups excluding tert-OH is 2. The van der Waals surface area contributed by atoms with Gasteiger partial charge in [0.15, 0.2) is 6.10 Å². The maximum absolute atomic E-state index is 12.8. The average molecular weight is 905 g/mol. The Morgan fingerprint density at radius 1 is 0.762 bits per heavy atom. The van der Waals surface area contributed by atoms with Crippen LogP contribution in [0.2, 0.25) is 0 Å². The molecule has 1 unspecified atom stereocenters. The molecule has 0 heterocycles. The third-order valence-electron chi connectivity index (χ3n) is 10.3. The minimum Gasteiger partial charge on any atom is -0.462 e. The van der Waals surface area contributed by atoms with Gasteiger partial charge in [-0.2, -0.15) is 0 Å². The van der Waals surface area contributed by atoms with E-state index in [1.165, 1.54) is 0 Å². The van der Waals surface area contributed by atoms with Crippen LogP contribution in [0.3, 0.4) is 0 Å². The zero-order chi connectivity index (χ0) is 46.6. The number of likely N-dealkylation sites (N-methyl/N-ethyl adjacent to an activating group) is 1. The molecule has 0 aliphatic heterocycles. The van der Waals surface area contributed by atoms with E-state index in [2.05, 4.69) is 74.6 Å². The van der Waals surface area contributed by atoms with Gasteiger partial charge >= 0.3 is 19.8 Å². The van der Waals surface area contributed by atoms with E-state index in [9.17, 15) is 34.1 Å². The highest BCUT2D eigenvalue weighted by atomic mass is 31.2. The number of ether oxygens (including phenoxy) is 2. The van der Waals surface area contributed by atoms with Gasteiger partial charge in [0.05, 0.1) is 40.0 Å². The third kappa shape index (κ3) is 33.0. The lowest BCUT2D eigenvalue weighted by atomic mass is 9.88. The highest BCUT2D eigenvalue weighted by Gasteiger charge is 2.39. The predicted molar refractivity (Wildman–Crippen MR) is 253 cm³/mol. The number of Topliss-reactive ketones (excluding diaryl/α,β-unsaturated/α-hetero) is 1. The summed E-state index contributed by atoms with van der Waals surface area (Å²) in [4.78, 5) is 48.2. The maximum Gasteiger partial charge on any atom is 0.472 e. The van der Waals surface area contributed by atoms with Crippen LogP contribution in [0.4, 0.5) is 0 Å². The molecule has 63 heavy (non-hydrogen) atoms. The van der Waals surface area contributed by atoms with Crippen LogP contribution in [0.5, 0.6) is 0 Å². The molecule has 0 bridgehead atoms. The predicted octanol–water partition coefficient (Wildman–Crippen LogP) is 10.2. The molecular formula is C50H83NO11P+. The second kappa shape index (κ2) is 36.1. The maximum atomic E-state index is 12.8. The molecule has 0 radical (unpaired) electrons. The summed E-state index contributed by atoms with van der Waals surface area (Å²) in [6, 6.07) is 0. The Bertz CT molecular complexity index is 1510. The van der Waals surface area contributed by atoms with Crippen LogP contribution in [-0.4, -0.2) is 103 Å². The van der Waals surface area contributed by atoms with Gasteiger partial charge in [0.25, 0.3) is 0 Å². The molecule has 358 valence electrons. The molecule has 0 aromatic carbocycles. The Balaban J connectivity index is 2.51. The average Bonchev–Trinajstić information content (AvgIpc) is 3.50. The van der Waals surface area contributed by atoms with E-state index >= 15 is 0 Å². The molecule has 6 atom stereocenters. The van der Waals surface area contributed by atoms with Crippen molar-refractivity contribution in [2.45, 2.75) is 154 Å². The summed E-state index contributed by atoms with van der Waals surface area (Å²) in [7, 11) is 1.28. The van der Waals surface area contributed by atoms with E-state index in [-0.39, 0.29) is 44.2 Å². The Kier molecular flexibility index (Phi) is 33.1. The van der Waals surface area contributed by atoms with Gasteiger partial charge in [0.1, 0.15) is 25.5 Å². The summed E-state index contributed by atoms with van der Waals surface area (Å²) in [5, 5.41) is 20.8. The SMILES string of the molecule is CC/C=C\C/C=C\C/C=C\C/C=C\C/C=C\C/C=C\CCC(=O)OC[C@H](COP(=O)(O)OCC[N+](C)(C)C)OC(=O)CCCCCC[C@H]1[C@@H](O)CC(=O)[C@@H]1/C=C/[C@@H](O)CCCCC. The normalized spacial score (nSPS) is 19.6. The Labute approximate surface area is 380 Å². The van der Waals surface area contributed by atoms with Crippen molar-refractivity contribution in [2.75, 3.05) is 47.5 Å². The second-order valence-electron chi connectivity index (χ2n) is 17.2. The van der Waals surface area contributed by atoms with Crippen molar-refractivity contribution in [3.05, 3.63) is 85.1 Å². The monoisotopic (exact) mass is 905 g/mol. The number of unbranched alkanes of at least 4 members (excludes halogenated alkanes) is 5. The van der Waals surface area contributed by atoms with Crippen molar-refractivity contribution < 1.29 is 57.1 Å². The highest BCUT2D eigenvalue weighted by molar-refractivity contribution is 7.47. The number of allylic oxidation sites excluding steroid dienone is 13. The van der Waals surface area contributed by atoms with Gasteiger partial charge in [-0.25, -0.2) is 4.57 Å². The van der Waals surface area contributed by atoms with Crippen LogP contribution in [0.15, 0.2) is 85.1 Å². The summed E-state index contributed by atoms with van der Waals surface area (Å²) in [6.45, 7) is 3.82. The fourth-order valence-corrected chi connectivity index (χ4v) is 7.39. The van der Waals surface area contributed by atoms with E-state index in [0.717, 1.165) is 70.6 Å². The third-order valence-corrected chi connectivity index (χ3v) is 11.3. The van der Waals surface area contributed by atoms with Crippen molar-refractivity contribution >= 4 is 25.5 Å². The molecule has 1 aliphatic rings. The molecule has 3 N–H and O–H groups in total. The zero-order valence-corrected chi connectivity index (χ0v) is 40.1. The molecule has 0 aromatic heterocycles. The van der Waals surface area contributed by atoms with E-state index in [4.69, 9.17) is 18.5 Å². The Morgan fingerprint density at radius 2 is 1.35 bits per heavy atom. The minimum absolute atomic E-state index is 0.00498. The lowest BCUT2D eigenvalue weighted by Gasteiger charge is -2.24. The molecular weight excluding hydrogens is 822 g/mol. The molecule has 0 spiro atoms. The molecule has 12 nitrogen and oxygen atoms in total. The van der Waals surface area contributed by atoms with Crippen LogP contribution in [-0.2, 0) is 37.5 Å². The number of phosphoric ester groups is 1. The van der Waals surface area contributed by atoms with Gasteiger partial charge in [0, 0.05) is 25.2 Å². The molecule has 0 aromatic rings.